The largest absolute Gasteiger partial charge is 0.356 e. The molecule has 0 radical (unpaired) electrons. The van der Waals surface area contributed by atoms with E-state index in [1.165, 1.54) is 12.8 Å². The second-order valence-electron chi connectivity index (χ2n) is 6.75. The van der Waals surface area contributed by atoms with Gasteiger partial charge in [-0.2, -0.15) is 5.10 Å². The van der Waals surface area contributed by atoms with E-state index in [2.05, 4.69) is 10.4 Å². The molecule has 0 unspecified atom stereocenters. The van der Waals surface area contributed by atoms with Crippen molar-refractivity contribution >= 4 is 11.8 Å². The number of nitrogens with zero attached hydrogens (tertiary/aromatic N) is 3. The maximum Gasteiger partial charge on any atom is 0.225 e. The second-order valence-corrected chi connectivity index (χ2v) is 6.75. The predicted octanol–water partition coefficient (Wildman–Crippen LogP) is 1.49. The van der Waals surface area contributed by atoms with Crippen LogP contribution < -0.4 is 5.32 Å². The zero-order chi connectivity index (χ0) is 16.2. The number of hydrogen-bond acceptors (Lipinski definition) is 3. The quantitative estimate of drug-likeness (QED) is 0.808. The molecule has 2 heterocycles. The summed E-state index contributed by atoms with van der Waals surface area (Å²) in [6, 6.07) is 2.35. The van der Waals surface area contributed by atoms with Gasteiger partial charge in [-0.05, 0) is 32.3 Å². The van der Waals surface area contributed by atoms with E-state index in [1.54, 1.807) is 0 Å². The van der Waals surface area contributed by atoms with Crippen molar-refractivity contribution in [2.45, 2.75) is 58.0 Å². The van der Waals surface area contributed by atoms with E-state index >= 15 is 0 Å². The summed E-state index contributed by atoms with van der Waals surface area (Å²) in [6.45, 7) is 4.00. The standard InChI is InChI=1S/C17H26N4O2/c1-13-7-10-20(19-13)9-4-8-18-17(23)14-11-16(22)21(12-14)15-5-2-3-6-15/h7,10,14-15H,2-6,8-9,11-12H2,1H3,(H,18,23)/t14-/m0/s1. The van der Waals surface area contributed by atoms with Gasteiger partial charge in [-0.1, -0.05) is 12.8 Å². The molecular weight excluding hydrogens is 292 g/mol. The molecule has 1 aromatic rings. The number of nitrogens with one attached hydrogen (secondary N) is 1. The van der Waals surface area contributed by atoms with Gasteiger partial charge in [-0.25, -0.2) is 0 Å². The van der Waals surface area contributed by atoms with Crippen molar-refractivity contribution in [1.82, 2.24) is 20.0 Å². The normalized spacial score (nSPS) is 22.0. The third kappa shape index (κ3) is 3.92. The number of amides is 2. The van der Waals surface area contributed by atoms with E-state index in [1.807, 2.05) is 28.8 Å². The van der Waals surface area contributed by atoms with Gasteiger partial charge in [0, 0.05) is 38.3 Å². The Hall–Kier alpha value is -1.85. The Bertz CT molecular complexity index is 563. The van der Waals surface area contributed by atoms with Crippen LogP contribution in [-0.2, 0) is 16.1 Å². The summed E-state index contributed by atoms with van der Waals surface area (Å²) in [5, 5.41) is 7.30. The highest BCUT2D eigenvalue weighted by Gasteiger charge is 2.38. The molecule has 3 rings (SSSR count). The molecule has 1 atom stereocenters. The van der Waals surface area contributed by atoms with Crippen LogP contribution in [0.1, 0.15) is 44.2 Å². The van der Waals surface area contributed by atoms with Gasteiger partial charge in [0.2, 0.25) is 11.8 Å². The summed E-state index contributed by atoms with van der Waals surface area (Å²) in [5.74, 6) is 0.00890. The lowest BCUT2D eigenvalue weighted by Gasteiger charge is -2.23. The molecule has 1 saturated heterocycles. The number of carbonyl (C=O) groups is 2. The summed E-state index contributed by atoms with van der Waals surface area (Å²) in [7, 11) is 0. The summed E-state index contributed by atoms with van der Waals surface area (Å²) in [4.78, 5) is 26.3. The first-order valence-electron chi connectivity index (χ1n) is 8.71. The zero-order valence-corrected chi connectivity index (χ0v) is 13.8. The van der Waals surface area contributed by atoms with Gasteiger partial charge in [0.05, 0.1) is 11.6 Å². The Morgan fingerprint density at radius 1 is 1.39 bits per heavy atom. The Kier molecular flexibility index (Phi) is 4.98. The lowest BCUT2D eigenvalue weighted by Crippen LogP contribution is -2.37. The molecule has 0 aromatic carbocycles. The smallest absolute Gasteiger partial charge is 0.225 e. The minimum absolute atomic E-state index is 0.0236. The monoisotopic (exact) mass is 318 g/mol. The van der Waals surface area contributed by atoms with Crippen molar-refractivity contribution < 1.29 is 9.59 Å². The third-order valence-electron chi connectivity index (χ3n) is 4.93. The highest BCUT2D eigenvalue weighted by atomic mass is 16.2. The van der Waals surface area contributed by atoms with E-state index in [0.29, 0.717) is 25.6 Å². The fourth-order valence-corrected chi connectivity index (χ4v) is 3.66. The molecule has 0 spiro atoms. The first-order valence-corrected chi connectivity index (χ1v) is 8.71. The maximum atomic E-state index is 12.3. The van der Waals surface area contributed by atoms with Gasteiger partial charge in [-0.15, -0.1) is 0 Å². The maximum absolute atomic E-state index is 12.3. The predicted molar refractivity (Wildman–Crippen MR) is 86.7 cm³/mol. The highest BCUT2D eigenvalue weighted by Crippen LogP contribution is 2.29. The molecule has 6 heteroatoms. The number of aromatic nitrogens is 2. The van der Waals surface area contributed by atoms with Gasteiger partial charge in [0.25, 0.3) is 0 Å². The number of hydrogen-bond donors (Lipinski definition) is 1. The second kappa shape index (κ2) is 7.15. The fraction of sp³-hybridized carbons (Fsp3) is 0.706. The third-order valence-corrected chi connectivity index (χ3v) is 4.93. The summed E-state index contributed by atoms with van der Waals surface area (Å²) in [5.41, 5.74) is 1.01. The van der Waals surface area contributed by atoms with Crippen LogP contribution in [0.4, 0.5) is 0 Å². The van der Waals surface area contributed by atoms with Crippen molar-refractivity contribution in [3.8, 4) is 0 Å². The van der Waals surface area contributed by atoms with Crippen LogP contribution in [0.3, 0.4) is 0 Å². The van der Waals surface area contributed by atoms with Crippen LogP contribution >= 0.6 is 0 Å². The molecule has 1 aliphatic carbocycles. The molecule has 2 fully saturated rings. The summed E-state index contributed by atoms with van der Waals surface area (Å²) < 4.78 is 1.89. The van der Waals surface area contributed by atoms with Gasteiger partial charge >= 0.3 is 0 Å². The van der Waals surface area contributed by atoms with Gasteiger partial charge < -0.3 is 10.2 Å². The number of aryl methyl sites for hydroxylation is 2. The number of likely N-dealkylation sites (tertiary alicyclic amines) is 1. The number of carbonyl (C=O) groups excluding carboxylic acids is 2. The van der Waals surface area contributed by atoms with Crippen LogP contribution in [0.5, 0.6) is 0 Å². The zero-order valence-electron chi connectivity index (χ0n) is 13.8. The lowest BCUT2D eigenvalue weighted by molar-refractivity contribution is -0.130. The first kappa shape index (κ1) is 16.0. The average molecular weight is 318 g/mol. The van der Waals surface area contributed by atoms with Crippen LogP contribution in [0.15, 0.2) is 12.3 Å². The summed E-state index contributed by atoms with van der Waals surface area (Å²) in [6.07, 6.45) is 7.79. The Labute approximate surface area is 137 Å². The Morgan fingerprint density at radius 3 is 2.87 bits per heavy atom. The molecule has 0 bridgehead atoms. The molecule has 23 heavy (non-hydrogen) atoms. The Balaban J connectivity index is 1.39. The minimum atomic E-state index is -0.171. The number of rotatable bonds is 6. The van der Waals surface area contributed by atoms with Crippen molar-refractivity contribution in [2.75, 3.05) is 13.1 Å². The molecule has 2 amide bonds. The molecule has 1 aromatic heterocycles. The van der Waals surface area contributed by atoms with Gasteiger partial charge in [0.15, 0.2) is 0 Å². The lowest BCUT2D eigenvalue weighted by atomic mass is 10.1. The molecule has 126 valence electrons. The van der Waals surface area contributed by atoms with Crippen LogP contribution in [0.2, 0.25) is 0 Å². The van der Waals surface area contributed by atoms with Crippen molar-refractivity contribution in [3.63, 3.8) is 0 Å². The van der Waals surface area contributed by atoms with E-state index in [9.17, 15) is 9.59 Å². The van der Waals surface area contributed by atoms with Crippen molar-refractivity contribution in [2.24, 2.45) is 5.92 Å². The van der Waals surface area contributed by atoms with E-state index < -0.39 is 0 Å². The van der Waals surface area contributed by atoms with Crippen LogP contribution in [0, 0.1) is 12.8 Å². The molecule has 6 nitrogen and oxygen atoms in total. The highest BCUT2D eigenvalue weighted by molar-refractivity contribution is 5.89. The SMILES string of the molecule is Cc1ccn(CCCNC(=O)[C@H]2CC(=O)N(C3CCCC3)C2)n1. The average Bonchev–Trinajstić information content (AvgIpc) is 3.24. The minimum Gasteiger partial charge on any atom is -0.356 e. The van der Waals surface area contributed by atoms with Crippen molar-refractivity contribution in [3.05, 3.63) is 18.0 Å². The summed E-state index contributed by atoms with van der Waals surface area (Å²) >= 11 is 0. The van der Waals surface area contributed by atoms with Gasteiger partial charge in [-0.3, -0.25) is 14.3 Å². The van der Waals surface area contributed by atoms with Crippen molar-refractivity contribution in [1.29, 1.82) is 0 Å². The first-order chi connectivity index (χ1) is 11.1. The van der Waals surface area contributed by atoms with E-state index in [4.69, 9.17) is 0 Å². The van der Waals surface area contributed by atoms with E-state index in [-0.39, 0.29) is 17.7 Å². The van der Waals surface area contributed by atoms with Crippen LogP contribution in [-0.4, -0.2) is 45.6 Å². The van der Waals surface area contributed by atoms with Gasteiger partial charge in [0.1, 0.15) is 0 Å². The fourth-order valence-electron chi connectivity index (χ4n) is 3.66. The molecule has 1 N–H and O–H groups in total. The molecule has 1 aliphatic heterocycles. The molecule has 1 saturated carbocycles. The Morgan fingerprint density at radius 2 is 2.17 bits per heavy atom. The van der Waals surface area contributed by atoms with Crippen LogP contribution in [0.25, 0.3) is 0 Å². The van der Waals surface area contributed by atoms with E-state index in [0.717, 1.165) is 31.5 Å². The molecular formula is C17H26N4O2. The topological polar surface area (TPSA) is 67.2 Å². The molecule has 2 aliphatic rings.